The number of nitrogens with two attached hydrogens (primary N) is 1. The quantitative estimate of drug-likeness (QED) is 0.590. The normalized spacial score (nSPS) is 28.5. The molecule has 2 aliphatic rings. The highest BCUT2D eigenvalue weighted by atomic mass is 19.1. The van der Waals surface area contributed by atoms with Crippen molar-refractivity contribution in [3.8, 4) is 5.75 Å². The molecule has 3 N–H and O–H groups in total. The van der Waals surface area contributed by atoms with Crippen LogP contribution in [0.15, 0.2) is 48.5 Å². The van der Waals surface area contributed by atoms with Crippen LogP contribution in [-0.4, -0.2) is 35.5 Å². The standard InChI is InChI=1S/C21H19FN2O5/c1-21(20(28)29-2)16-15(17(23-21)11-7-9-12(25)10-8-11)18(26)24(19(16)27)14-6-4-3-5-13(14)22/h3-10,15-17,23,25H,1-2H3/p+1/t15-,16+,17-,21+/m0/s1. The number of rotatable bonds is 3. The summed E-state index contributed by atoms with van der Waals surface area (Å²) in [5, 5.41) is 11.2. The van der Waals surface area contributed by atoms with Gasteiger partial charge in [0.25, 0.3) is 0 Å². The van der Waals surface area contributed by atoms with Gasteiger partial charge >= 0.3 is 5.97 Å². The van der Waals surface area contributed by atoms with Crippen molar-refractivity contribution in [2.45, 2.75) is 18.5 Å². The van der Waals surface area contributed by atoms with E-state index < -0.39 is 47.0 Å². The summed E-state index contributed by atoms with van der Waals surface area (Å²) >= 11 is 0. The zero-order valence-electron chi connectivity index (χ0n) is 15.8. The third-order valence-electron chi connectivity index (χ3n) is 5.91. The van der Waals surface area contributed by atoms with Crippen LogP contribution in [0.25, 0.3) is 0 Å². The summed E-state index contributed by atoms with van der Waals surface area (Å²) in [7, 11) is 1.22. The number of carbonyl (C=O) groups is 3. The Balaban J connectivity index is 1.84. The van der Waals surface area contributed by atoms with Crippen molar-refractivity contribution >= 4 is 23.5 Å². The van der Waals surface area contributed by atoms with Crippen LogP contribution >= 0.6 is 0 Å². The summed E-state index contributed by atoms with van der Waals surface area (Å²) in [6.07, 6.45) is 0. The number of nitrogens with zero attached hydrogens (tertiary/aromatic N) is 1. The molecule has 0 saturated carbocycles. The Kier molecular flexibility index (Phi) is 4.38. The molecule has 0 bridgehead atoms. The van der Waals surface area contributed by atoms with E-state index in [0.29, 0.717) is 5.56 Å². The maximum atomic E-state index is 14.4. The van der Waals surface area contributed by atoms with Crippen LogP contribution in [0.2, 0.25) is 0 Å². The summed E-state index contributed by atoms with van der Waals surface area (Å²) < 4.78 is 19.3. The highest BCUT2D eigenvalue weighted by molar-refractivity contribution is 6.23. The smallest absolute Gasteiger partial charge is 0.368 e. The fourth-order valence-electron chi connectivity index (χ4n) is 4.55. The largest absolute Gasteiger partial charge is 0.508 e. The van der Waals surface area contributed by atoms with Gasteiger partial charge in [-0.1, -0.05) is 12.1 Å². The minimum absolute atomic E-state index is 0.0563. The molecule has 7 nitrogen and oxygen atoms in total. The molecule has 0 aliphatic carbocycles. The SMILES string of the molecule is COC(=O)[C@]1(C)[NH2+][C@@H](c2ccc(O)cc2)[C@H]2C(=O)N(c3ccccc3F)C(=O)[C@@H]21. The zero-order chi connectivity index (χ0) is 20.9. The molecule has 2 heterocycles. The molecule has 4 atom stereocenters. The maximum Gasteiger partial charge on any atom is 0.368 e. The van der Waals surface area contributed by atoms with Gasteiger partial charge in [0.15, 0.2) is 0 Å². The highest BCUT2D eigenvalue weighted by Crippen LogP contribution is 2.46. The van der Waals surface area contributed by atoms with Gasteiger partial charge in [-0.2, -0.15) is 0 Å². The molecule has 2 amide bonds. The number of phenols is 1. The molecule has 2 aromatic carbocycles. The van der Waals surface area contributed by atoms with E-state index in [2.05, 4.69) is 0 Å². The van der Waals surface area contributed by atoms with Crippen LogP contribution in [0.1, 0.15) is 18.5 Å². The van der Waals surface area contributed by atoms with Crippen molar-refractivity contribution in [1.82, 2.24) is 0 Å². The fourth-order valence-corrected chi connectivity index (χ4v) is 4.55. The molecular weight excluding hydrogens is 379 g/mol. The summed E-state index contributed by atoms with van der Waals surface area (Å²) in [6, 6.07) is 11.2. The molecule has 0 unspecified atom stereocenters. The Bertz CT molecular complexity index is 1010. The van der Waals surface area contributed by atoms with Crippen molar-refractivity contribution in [1.29, 1.82) is 0 Å². The van der Waals surface area contributed by atoms with E-state index in [9.17, 15) is 23.9 Å². The first-order chi connectivity index (χ1) is 13.8. The lowest BCUT2D eigenvalue weighted by molar-refractivity contribution is -0.730. The van der Waals surface area contributed by atoms with Gasteiger partial charge in [0, 0.05) is 12.5 Å². The van der Waals surface area contributed by atoms with E-state index in [1.807, 2.05) is 0 Å². The second-order valence-electron chi connectivity index (χ2n) is 7.53. The molecule has 4 rings (SSSR count). The van der Waals surface area contributed by atoms with E-state index in [0.717, 1.165) is 4.90 Å². The van der Waals surface area contributed by atoms with E-state index in [1.54, 1.807) is 24.4 Å². The Labute approximate surface area is 166 Å². The number of hydrogen-bond acceptors (Lipinski definition) is 5. The van der Waals surface area contributed by atoms with Gasteiger partial charge in [0.1, 0.15) is 29.4 Å². The van der Waals surface area contributed by atoms with E-state index in [4.69, 9.17) is 4.74 Å². The van der Waals surface area contributed by atoms with Crippen LogP contribution in [0.5, 0.6) is 5.75 Å². The van der Waals surface area contributed by atoms with Crippen molar-refractivity contribution in [3.05, 3.63) is 59.9 Å². The van der Waals surface area contributed by atoms with Gasteiger partial charge in [-0.3, -0.25) is 9.59 Å². The van der Waals surface area contributed by atoms with Crippen LogP contribution in [-0.2, 0) is 19.1 Å². The average Bonchev–Trinajstić information content (AvgIpc) is 3.17. The van der Waals surface area contributed by atoms with Gasteiger partial charge in [0.2, 0.25) is 17.4 Å². The number of ether oxygens (including phenoxy) is 1. The minimum atomic E-state index is -1.35. The Morgan fingerprint density at radius 3 is 2.41 bits per heavy atom. The van der Waals surface area contributed by atoms with Crippen LogP contribution in [0.3, 0.4) is 0 Å². The number of imide groups is 1. The predicted molar refractivity (Wildman–Crippen MR) is 99.1 cm³/mol. The molecule has 2 saturated heterocycles. The molecule has 8 heteroatoms. The van der Waals surface area contributed by atoms with Gasteiger partial charge in [-0.15, -0.1) is 0 Å². The number of amides is 2. The molecule has 2 aromatic rings. The van der Waals surface area contributed by atoms with Crippen molar-refractivity contribution in [2.75, 3.05) is 12.0 Å². The Morgan fingerprint density at radius 2 is 1.79 bits per heavy atom. The zero-order valence-corrected chi connectivity index (χ0v) is 15.8. The number of para-hydroxylation sites is 1. The molecule has 2 aliphatic heterocycles. The predicted octanol–water partition coefficient (Wildman–Crippen LogP) is 0.887. The van der Waals surface area contributed by atoms with Gasteiger partial charge in [0.05, 0.1) is 12.8 Å². The van der Waals surface area contributed by atoms with E-state index in [1.165, 1.54) is 43.5 Å². The van der Waals surface area contributed by atoms with Crippen LogP contribution < -0.4 is 10.2 Å². The number of fused-ring (bicyclic) bond motifs is 1. The summed E-state index contributed by atoms with van der Waals surface area (Å²) in [4.78, 5) is 40.1. The maximum absolute atomic E-state index is 14.4. The fraction of sp³-hybridized carbons (Fsp3) is 0.286. The lowest BCUT2D eigenvalue weighted by Crippen LogP contribution is -2.97. The first-order valence-electron chi connectivity index (χ1n) is 9.15. The van der Waals surface area contributed by atoms with E-state index in [-0.39, 0.29) is 11.4 Å². The molecular formula is C21H20FN2O5+. The van der Waals surface area contributed by atoms with E-state index >= 15 is 0 Å². The topological polar surface area (TPSA) is 101 Å². The lowest BCUT2D eigenvalue weighted by atomic mass is 9.80. The number of halogens is 1. The first-order valence-corrected chi connectivity index (χ1v) is 9.15. The number of quaternary nitrogens is 1. The van der Waals surface area contributed by atoms with Crippen LogP contribution in [0, 0.1) is 17.7 Å². The molecule has 29 heavy (non-hydrogen) atoms. The average molecular weight is 399 g/mol. The highest BCUT2D eigenvalue weighted by Gasteiger charge is 2.71. The molecule has 0 spiro atoms. The lowest BCUT2D eigenvalue weighted by Gasteiger charge is -2.25. The Hall–Kier alpha value is -3.26. The van der Waals surface area contributed by atoms with Crippen molar-refractivity contribution in [2.24, 2.45) is 11.8 Å². The minimum Gasteiger partial charge on any atom is -0.508 e. The van der Waals surface area contributed by atoms with Crippen LogP contribution in [0.4, 0.5) is 10.1 Å². The van der Waals surface area contributed by atoms with Gasteiger partial charge in [-0.05, 0) is 36.4 Å². The summed E-state index contributed by atoms with van der Waals surface area (Å²) in [5.41, 5.74) is -0.815. The number of phenolic OH excluding ortho intramolecular Hbond substituents is 1. The molecule has 0 aromatic heterocycles. The van der Waals surface area contributed by atoms with Crippen molar-refractivity contribution in [3.63, 3.8) is 0 Å². The number of hydrogen-bond donors (Lipinski definition) is 2. The molecule has 150 valence electrons. The first kappa shape index (κ1) is 19.1. The number of benzene rings is 2. The summed E-state index contributed by atoms with van der Waals surface area (Å²) in [6.45, 7) is 1.56. The second kappa shape index (κ2) is 6.66. The summed E-state index contributed by atoms with van der Waals surface area (Å²) in [5.74, 6) is -4.36. The second-order valence-corrected chi connectivity index (χ2v) is 7.53. The molecule has 2 fully saturated rings. The number of anilines is 1. The monoisotopic (exact) mass is 399 g/mol. The number of esters is 1. The third-order valence-corrected chi connectivity index (χ3v) is 5.91. The number of methoxy groups -OCH3 is 1. The number of carbonyl (C=O) groups excluding carboxylic acids is 3. The van der Waals surface area contributed by atoms with Gasteiger partial charge in [-0.25, -0.2) is 14.1 Å². The van der Waals surface area contributed by atoms with Crippen molar-refractivity contribution < 1.29 is 33.9 Å². The number of aromatic hydroxyl groups is 1. The third kappa shape index (κ3) is 2.71. The van der Waals surface area contributed by atoms with Gasteiger partial charge < -0.3 is 15.2 Å². The Morgan fingerprint density at radius 1 is 1.14 bits per heavy atom. The molecule has 0 radical (unpaired) electrons.